The molecule has 0 aliphatic heterocycles. The summed E-state index contributed by atoms with van der Waals surface area (Å²) in [5.41, 5.74) is 0.722. The highest BCUT2D eigenvalue weighted by molar-refractivity contribution is 6.31. The fourth-order valence-corrected chi connectivity index (χ4v) is 1.94. The van der Waals surface area contributed by atoms with Gasteiger partial charge in [0, 0.05) is 11.7 Å². The second-order valence-electron chi connectivity index (χ2n) is 3.98. The minimum Gasteiger partial charge on any atom is -0.481 e. The monoisotopic (exact) mass is 243 g/mol. The van der Waals surface area contributed by atoms with E-state index in [1.54, 1.807) is 6.07 Å². The summed E-state index contributed by atoms with van der Waals surface area (Å²) in [6.45, 7) is 0. The maximum absolute atomic E-state index is 12.9. The highest BCUT2D eigenvalue weighted by Crippen LogP contribution is 2.31. The van der Waals surface area contributed by atoms with Crippen LogP contribution in [0.5, 0.6) is 0 Å². The van der Waals surface area contributed by atoms with E-state index in [-0.39, 0.29) is 17.0 Å². The Hall–Kier alpha value is -1.29. The first-order valence-corrected chi connectivity index (χ1v) is 5.38. The molecular weight excluding hydrogens is 233 g/mol. The van der Waals surface area contributed by atoms with Gasteiger partial charge in [0.2, 0.25) is 0 Å². The minimum atomic E-state index is -0.754. The summed E-state index contributed by atoms with van der Waals surface area (Å²) >= 11 is 5.63. The molecule has 1 aliphatic rings. The lowest BCUT2D eigenvalue weighted by molar-refractivity contribution is -0.144. The molecule has 0 unspecified atom stereocenters. The first-order chi connectivity index (χ1) is 7.56. The van der Waals surface area contributed by atoms with Gasteiger partial charge in [-0.1, -0.05) is 11.6 Å². The molecule has 0 aromatic heterocycles. The number of anilines is 1. The van der Waals surface area contributed by atoms with Crippen LogP contribution in [0.1, 0.15) is 12.8 Å². The van der Waals surface area contributed by atoms with Crippen molar-refractivity contribution in [3.05, 3.63) is 29.0 Å². The molecule has 2 rings (SSSR count). The van der Waals surface area contributed by atoms with E-state index in [0.29, 0.717) is 12.8 Å². The molecule has 0 spiro atoms. The molecule has 1 aliphatic carbocycles. The van der Waals surface area contributed by atoms with Gasteiger partial charge < -0.3 is 10.4 Å². The first kappa shape index (κ1) is 11.2. The summed E-state index contributed by atoms with van der Waals surface area (Å²) in [7, 11) is 0. The summed E-state index contributed by atoms with van der Waals surface area (Å²) in [6.07, 6.45) is 1.20. The number of aliphatic carboxylic acids is 1. The Balaban J connectivity index is 1.91. The highest BCUT2D eigenvalue weighted by Gasteiger charge is 2.34. The van der Waals surface area contributed by atoms with Crippen LogP contribution in [0.2, 0.25) is 5.02 Å². The molecule has 86 valence electrons. The van der Waals surface area contributed by atoms with Crippen molar-refractivity contribution in [2.24, 2.45) is 5.92 Å². The van der Waals surface area contributed by atoms with Crippen molar-refractivity contribution in [1.82, 2.24) is 0 Å². The van der Waals surface area contributed by atoms with Crippen LogP contribution in [0.25, 0.3) is 0 Å². The third-order valence-electron chi connectivity index (χ3n) is 2.78. The third kappa shape index (κ3) is 2.27. The molecule has 0 heterocycles. The average Bonchev–Trinajstić information content (AvgIpc) is 2.15. The number of hydrogen-bond acceptors (Lipinski definition) is 2. The smallest absolute Gasteiger partial charge is 0.306 e. The van der Waals surface area contributed by atoms with Crippen molar-refractivity contribution in [2.45, 2.75) is 18.9 Å². The lowest BCUT2D eigenvalue weighted by Crippen LogP contribution is -2.39. The van der Waals surface area contributed by atoms with Crippen molar-refractivity contribution < 1.29 is 14.3 Å². The number of carboxylic acid groups (broad SMARTS) is 1. The maximum atomic E-state index is 12.9. The standard InChI is InChI=1S/C11H11ClFNO2/c12-9-5-7(1-2-10(9)13)14-8-3-6(4-8)11(15)16/h1-2,5-6,8,14H,3-4H2,(H,15,16). The van der Waals surface area contributed by atoms with Gasteiger partial charge in [0.05, 0.1) is 10.9 Å². The van der Waals surface area contributed by atoms with Crippen molar-refractivity contribution in [3.8, 4) is 0 Å². The van der Waals surface area contributed by atoms with Crippen molar-refractivity contribution in [3.63, 3.8) is 0 Å². The van der Waals surface area contributed by atoms with E-state index < -0.39 is 11.8 Å². The van der Waals surface area contributed by atoms with Crippen molar-refractivity contribution in [1.29, 1.82) is 0 Å². The SMILES string of the molecule is O=C(O)C1CC(Nc2ccc(F)c(Cl)c2)C1. The maximum Gasteiger partial charge on any atom is 0.306 e. The summed E-state index contributed by atoms with van der Waals surface area (Å²) < 4.78 is 12.9. The molecule has 1 aromatic carbocycles. The average molecular weight is 244 g/mol. The summed E-state index contributed by atoms with van der Waals surface area (Å²) in [5.74, 6) is -1.46. The Bertz CT molecular complexity index is 418. The highest BCUT2D eigenvalue weighted by atomic mass is 35.5. The fourth-order valence-electron chi connectivity index (χ4n) is 1.76. The molecule has 1 saturated carbocycles. The largest absolute Gasteiger partial charge is 0.481 e. The van der Waals surface area contributed by atoms with Crippen LogP contribution in [0.15, 0.2) is 18.2 Å². The minimum absolute atomic E-state index is 0.0686. The van der Waals surface area contributed by atoms with Gasteiger partial charge in [0.1, 0.15) is 5.82 Å². The summed E-state index contributed by atoms with van der Waals surface area (Å²) in [4.78, 5) is 10.6. The lowest BCUT2D eigenvalue weighted by Gasteiger charge is -2.33. The molecule has 5 heteroatoms. The molecule has 0 radical (unpaired) electrons. The van der Waals surface area contributed by atoms with E-state index >= 15 is 0 Å². The van der Waals surface area contributed by atoms with Gasteiger partial charge in [0.25, 0.3) is 0 Å². The Morgan fingerprint density at radius 1 is 1.50 bits per heavy atom. The Kier molecular flexibility index (Phi) is 3.01. The van der Waals surface area contributed by atoms with Gasteiger partial charge in [-0.05, 0) is 31.0 Å². The fraction of sp³-hybridized carbons (Fsp3) is 0.364. The van der Waals surface area contributed by atoms with E-state index in [1.807, 2.05) is 0 Å². The van der Waals surface area contributed by atoms with Crippen LogP contribution in [-0.4, -0.2) is 17.1 Å². The van der Waals surface area contributed by atoms with Crippen LogP contribution in [0, 0.1) is 11.7 Å². The summed E-state index contributed by atoms with van der Waals surface area (Å²) in [6, 6.07) is 4.53. The zero-order valence-electron chi connectivity index (χ0n) is 8.41. The third-order valence-corrected chi connectivity index (χ3v) is 3.07. The van der Waals surface area contributed by atoms with E-state index in [4.69, 9.17) is 16.7 Å². The molecule has 0 atom stereocenters. The van der Waals surface area contributed by atoms with Gasteiger partial charge in [-0.15, -0.1) is 0 Å². The van der Waals surface area contributed by atoms with E-state index in [2.05, 4.69) is 5.32 Å². The zero-order valence-corrected chi connectivity index (χ0v) is 9.17. The number of carboxylic acids is 1. The van der Waals surface area contributed by atoms with Crippen LogP contribution in [-0.2, 0) is 4.79 Å². The molecule has 3 nitrogen and oxygen atoms in total. The molecule has 0 amide bonds. The predicted molar refractivity (Wildman–Crippen MR) is 59.2 cm³/mol. The Morgan fingerprint density at radius 2 is 2.19 bits per heavy atom. The van der Waals surface area contributed by atoms with Gasteiger partial charge in [-0.25, -0.2) is 4.39 Å². The van der Waals surface area contributed by atoms with Crippen LogP contribution < -0.4 is 5.32 Å². The number of nitrogens with one attached hydrogen (secondary N) is 1. The second kappa shape index (κ2) is 4.29. The van der Waals surface area contributed by atoms with E-state index in [0.717, 1.165) is 5.69 Å². The van der Waals surface area contributed by atoms with Crippen LogP contribution in [0.3, 0.4) is 0 Å². The molecule has 0 saturated heterocycles. The van der Waals surface area contributed by atoms with Gasteiger partial charge >= 0.3 is 5.97 Å². The summed E-state index contributed by atoms with van der Waals surface area (Å²) in [5, 5.41) is 11.9. The molecule has 16 heavy (non-hydrogen) atoms. The number of halogens is 2. The molecule has 0 bridgehead atoms. The van der Waals surface area contributed by atoms with E-state index in [1.165, 1.54) is 12.1 Å². The van der Waals surface area contributed by atoms with Gasteiger partial charge in [-0.3, -0.25) is 4.79 Å². The molecular formula is C11H11ClFNO2. The predicted octanol–water partition coefficient (Wildman–Crippen LogP) is 2.75. The molecule has 1 aromatic rings. The van der Waals surface area contributed by atoms with Crippen molar-refractivity contribution in [2.75, 3.05) is 5.32 Å². The number of rotatable bonds is 3. The van der Waals surface area contributed by atoms with Gasteiger partial charge in [0.15, 0.2) is 0 Å². The van der Waals surface area contributed by atoms with Crippen molar-refractivity contribution >= 4 is 23.3 Å². The quantitative estimate of drug-likeness (QED) is 0.858. The lowest BCUT2D eigenvalue weighted by atomic mass is 9.80. The topological polar surface area (TPSA) is 49.3 Å². The Labute approximate surface area is 97.2 Å². The van der Waals surface area contributed by atoms with Crippen LogP contribution in [0.4, 0.5) is 10.1 Å². The number of carbonyl (C=O) groups is 1. The Morgan fingerprint density at radius 3 is 2.75 bits per heavy atom. The molecule has 1 fully saturated rings. The van der Waals surface area contributed by atoms with Gasteiger partial charge in [-0.2, -0.15) is 0 Å². The zero-order chi connectivity index (χ0) is 11.7. The van der Waals surface area contributed by atoms with E-state index in [9.17, 15) is 9.18 Å². The normalized spacial score (nSPS) is 23.6. The molecule has 2 N–H and O–H groups in total. The number of benzene rings is 1. The second-order valence-corrected chi connectivity index (χ2v) is 4.38. The van der Waals surface area contributed by atoms with Crippen LogP contribution >= 0.6 is 11.6 Å². The first-order valence-electron chi connectivity index (χ1n) is 5.00. The number of hydrogen-bond donors (Lipinski definition) is 2.